The van der Waals surface area contributed by atoms with Crippen molar-refractivity contribution in [3.8, 4) is 11.5 Å². The number of hydrogen-bond acceptors (Lipinski definition) is 3. The molecule has 0 unspecified atom stereocenters. The summed E-state index contributed by atoms with van der Waals surface area (Å²) < 4.78 is 35.4. The van der Waals surface area contributed by atoms with Gasteiger partial charge in [-0.25, -0.2) is 0 Å². The molecule has 0 spiro atoms. The molecule has 0 saturated carbocycles. The molecule has 3 nitrogen and oxygen atoms in total. The first kappa shape index (κ1) is 15.9. The number of benzene rings is 2. The summed E-state index contributed by atoms with van der Waals surface area (Å²) in [6.07, 6.45) is 0.486. The van der Waals surface area contributed by atoms with Gasteiger partial charge in [-0.15, -0.1) is 0 Å². The number of halogens is 2. The van der Waals surface area contributed by atoms with Gasteiger partial charge < -0.3 is 9.47 Å². The summed E-state index contributed by atoms with van der Waals surface area (Å²) >= 11 is 0. The molecule has 2 aromatic carbocycles. The topological polar surface area (TPSA) is 35.5 Å². The van der Waals surface area contributed by atoms with E-state index in [4.69, 9.17) is 4.74 Å². The minimum absolute atomic E-state index is 0.0476. The predicted molar refractivity (Wildman–Crippen MR) is 78.7 cm³/mol. The van der Waals surface area contributed by atoms with E-state index in [1.807, 2.05) is 30.3 Å². The number of carbonyl (C=O) groups excluding carboxylic acids is 1. The van der Waals surface area contributed by atoms with Crippen LogP contribution < -0.4 is 9.47 Å². The Labute approximate surface area is 127 Å². The van der Waals surface area contributed by atoms with Gasteiger partial charge in [0, 0.05) is 0 Å². The Balaban J connectivity index is 2.38. The van der Waals surface area contributed by atoms with Crippen molar-refractivity contribution in [1.82, 2.24) is 0 Å². The molecule has 0 N–H and O–H groups in total. The summed E-state index contributed by atoms with van der Waals surface area (Å²) in [4.78, 5) is 11.1. The second-order valence-electron chi connectivity index (χ2n) is 4.84. The lowest BCUT2D eigenvalue weighted by molar-refractivity contribution is -0.0518. The SMILES string of the molecule is Cc1cc(C=O)c(OC(F)F)c(OCc2ccccc2)c1C. The standard InChI is InChI=1S/C17H16F2O3/c1-11-8-14(9-20)16(22-17(18)19)15(12(11)2)21-10-13-6-4-3-5-7-13/h3-9,17H,10H2,1-2H3. The van der Waals surface area contributed by atoms with Crippen molar-refractivity contribution in [2.24, 2.45) is 0 Å². The smallest absolute Gasteiger partial charge is 0.387 e. The van der Waals surface area contributed by atoms with Crippen molar-refractivity contribution in [3.63, 3.8) is 0 Å². The lowest BCUT2D eigenvalue weighted by atomic mass is 10.0. The summed E-state index contributed by atoms with van der Waals surface area (Å²) in [5.74, 6) is -0.0460. The van der Waals surface area contributed by atoms with Crippen LogP contribution in [0.2, 0.25) is 0 Å². The molecule has 5 heteroatoms. The fourth-order valence-corrected chi connectivity index (χ4v) is 2.09. The molecule has 0 aromatic heterocycles. The molecule has 22 heavy (non-hydrogen) atoms. The molecule has 0 heterocycles. The minimum atomic E-state index is -3.03. The van der Waals surface area contributed by atoms with Crippen molar-refractivity contribution >= 4 is 6.29 Å². The summed E-state index contributed by atoms with van der Waals surface area (Å²) in [7, 11) is 0. The molecule has 0 radical (unpaired) electrons. The van der Waals surface area contributed by atoms with E-state index in [0.717, 1.165) is 11.1 Å². The molecule has 0 fully saturated rings. The van der Waals surface area contributed by atoms with Crippen LogP contribution in [0, 0.1) is 13.8 Å². The Morgan fingerprint density at radius 2 is 1.82 bits per heavy atom. The highest BCUT2D eigenvalue weighted by Crippen LogP contribution is 2.37. The molecule has 0 aliphatic heterocycles. The zero-order chi connectivity index (χ0) is 16.1. The highest BCUT2D eigenvalue weighted by Gasteiger charge is 2.20. The molecular weight excluding hydrogens is 290 g/mol. The third-order valence-corrected chi connectivity index (χ3v) is 3.33. The largest absolute Gasteiger partial charge is 0.485 e. The Kier molecular flexibility index (Phi) is 5.09. The first-order chi connectivity index (χ1) is 10.5. The van der Waals surface area contributed by atoms with E-state index in [1.54, 1.807) is 13.8 Å². The lowest BCUT2D eigenvalue weighted by Crippen LogP contribution is -2.09. The van der Waals surface area contributed by atoms with Crippen LogP contribution in [0.3, 0.4) is 0 Å². The maximum absolute atomic E-state index is 12.6. The summed E-state index contributed by atoms with van der Waals surface area (Å²) in [6.45, 7) is 0.690. The Hall–Kier alpha value is -2.43. The van der Waals surface area contributed by atoms with Crippen LogP contribution >= 0.6 is 0 Å². The zero-order valence-corrected chi connectivity index (χ0v) is 12.3. The van der Waals surface area contributed by atoms with Gasteiger partial charge in [-0.2, -0.15) is 8.78 Å². The van der Waals surface area contributed by atoms with Crippen LogP contribution in [0.4, 0.5) is 8.78 Å². The molecule has 0 aliphatic carbocycles. The number of alkyl halides is 2. The van der Waals surface area contributed by atoms with Gasteiger partial charge in [0.2, 0.25) is 0 Å². The Bertz CT molecular complexity index is 655. The average Bonchev–Trinajstić information content (AvgIpc) is 2.51. The number of carbonyl (C=O) groups is 1. The van der Waals surface area contributed by atoms with Gasteiger partial charge in [-0.1, -0.05) is 30.3 Å². The van der Waals surface area contributed by atoms with Crippen LogP contribution in [0.5, 0.6) is 11.5 Å². The van der Waals surface area contributed by atoms with E-state index >= 15 is 0 Å². The normalized spacial score (nSPS) is 10.6. The fraction of sp³-hybridized carbons (Fsp3) is 0.235. The summed E-state index contributed by atoms with van der Waals surface area (Å²) in [5, 5.41) is 0. The number of rotatable bonds is 6. The minimum Gasteiger partial charge on any atom is -0.485 e. The quantitative estimate of drug-likeness (QED) is 0.747. The van der Waals surface area contributed by atoms with Gasteiger partial charge in [-0.05, 0) is 36.6 Å². The van der Waals surface area contributed by atoms with Crippen molar-refractivity contribution < 1.29 is 23.0 Å². The third-order valence-electron chi connectivity index (χ3n) is 3.33. The zero-order valence-electron chi connectivity index (χ0n) is 12.3. The molecule has 0 saturated heterocycles. The second kappa shape index (κ2) is 7.02. The third kappa shape index (κ3) is 3.61. The van der Waals surface area contributed by atoms with Crippen LogP contribution in [0.25, 0.3) is 0 Å². The molecule has 2 aromatic rings. The average molecular weight is 306 g/mol. The summed E-state index contributed by atoms with van der Waals surface area (Å²) in [5.41, 5.74) is 2.37. The Morgan fingerprint density at radius 1 is 1.14 bits per heavy atom. The van der Waals surface area contributed by atoms with Gasteiger partial charge in [-0.3, -0.25) is 4.79 Å². The van der Waals surface area contributed by atoms with Crippen LogP contribution in [0.15, 0.2) is 36.4 Å². The van der Waals surface area contributed by atoms with Crippen LogP contribution in [-0.2, 0) is 6.61 Å². The maximum Gasteiger partial charge on any atom is 0.387 e. The molecular formula is C17H16F2O3. The van der Waals surface area contributed by atoms with Crippen LogP contribution in [-0.4, -0.2) is 12.9 Å². The molecule has 116 valence electrons. The molecule has 0 bridgehead atoms. The van der Waals surface area contributed by atoms with E-state index in [9.17, 15) is 13.6 Å². The molecule has 2 rings (SSSR count). The molecule has 0 amide bonds. The van der Waals surface area contributed by atoms with Gasteiger partial charge in [0.15, 0.2) is 17.8 Å². The number of aldehydes is 1. The number of ether oxygens (including phenoxy) is 2. The number of aryl methyl sites for hydroxylation is 1. The van der Waals surface area contributed by atoms with E-state index in [-0.39, 0.29) is 23.7 Å². The molecule has 0 aliphatic rings. The highest BCUT2D eigenvalue weighted by atomic mass is 19.3. The molecule has 0 atom stereocenters. The van der Waals surface area contributed by atoms with Gasteiger partial charge >= 0.3 is 6.61 Å². The first-order valence-corrected chi connectivity index (χ1v) is 6.74. The van der Waals surface area contributed by atoms with Crippen molar-refractivity contribution in [2.75, 3.05) is 0 Å². The van der Waals surface area contributed by atoms with E-state index < -0.39 is 6.61 Å². The van der Waals surface area contributed by atoms with Crippen molar-refractivity contribution in [1.29, 1.82) is 0 Å². The van der Waals surface area contributed by atoms with Gasteiger partial charge in [0.05, 0.1) is 5.56 Å². The van der Waals surface area contributed by atoms with Gasteiger partial charge in [0.1, 0.15) is 6.61 Å². The number of hydrogen-bond donors (Lipinski definition) is 0. The Morgan fingerprint density at radius 3 is 2.41 bits per heavy atom. The van der Waals surface area contributed by atoms with E-state index in [0.29, 0.717) is 11.8 Å². The second-order valence-corrected chi connectivity index (χ2v) is 4.84. The van der Waals surface area contributed by atoms with Crippen LogP contribution in [0.1, 0.15) is 27.0 Å². The van der Waals surface area contributed by atoms with E-state index in [1.165, 1.54) is 6.07 Å². The fourth-order valence-electron chi connectivity index (χ4n) is 2.09. The highest BCUT2D eigenvalue weighted by molar-refractivity contribution is 5.82. The van der Waals surface area contributed by atoms with E-state index in [2.05, 4.69) is 4.74 Å². The first-order valence-electron chi connectivity index (χ1n) is 6.74. The maximum atomic E-state index is 12.6. The van der Waals surface area contributed by atoms with Crippen molar-refractivity contribution in [3.05, 3.63) is 58.7 Å². The summed E-state index contributed by atoms with van der Waals surface area (Å²) in [6, 6.07) is 10.8. The van der Waals surface area contributed by atoms with Crippen molar-refractivity contribution in [2.45, 2.75) is 27.1 Å². The predicted octanol–water partition coefficient (Wildman–Crippen LogP) is 4.30. The van der Waals surface area contributed by atoms with Gasteiger partial charge in [0.25, 0.3) is 0 Å². The monoisotopic (exact) mass is 306 g/mol. The lowest BCUT2D eigenvalue weighted by Gasteiger charge is -2.18.